The minimum absolute atomic E-state index is 0.192. The summed E-state index contributed by atoms with van der Waals surface area (Å²) in [6.07, 6.45) is 1.01. The molecule has 2 rings (SSSR count). The van der Waals surface area contributed by atoms with Crippen molar-refractivity contribution < 1.29 is 0 Å². The first-order chi connectivity index (χ1) is 8.91. The Bertz CT molecular complexity index is 506. The number of hydrogen-bond donors (Lipinski definition) is 2. The van der Waals surface area contributed by atoms with Crippen LogP contribution in [0.15, 0.2) is 35.4 Å². The number of nitrogens with two attached hydrogens (primary N) is 1. The van der Waals surface area contributed by atoms with Crippen molar-refractivity contribution in [3.8, 4) is 0 Å². The Balaban J connectivity index is 2.25. The van der Waals surface area contributed by atoms with Gasteiger partial charge in [0.25, 0.3) is 0 Å². The SMILES string of the molecule is CCC(N)C(Sc1cc2ccccc2[nH]1)C(C)(C)C. The van der Waals surface area contributed by atoms with Gasteiger partial charge in [0.2, 0.25) is 0 Å². The van der Waals surface area contributed by atoms with E-state index in [1.165, 1.54) is 15.9 Å². The molecule has 0 fully saturated rings. The summed E-state index contributed by atoms with van der Waals surface area (Å²) in [4.78, 5) is 3.48. The molecule has 0 saturated heterocycles. The number of nitrogens with one attached hydrogen (secondary N) is 1. The molecule has 0 aliphatic rings. The van der Waals surface area contributed by atoms with Gasteiger partial charge in [-0.05, 0) is 24.0 Å². The highest BCUT2D eigenvalue weighted by atomic mass is 32.2. The Morgan fingerprint density at radius 1 is 1.26 bits per heavy atom. The van der Waals surface area contributed by atoms with E-state index in [2.05, 4.69) is 63.0 Å². The lowest BCUT2D eigenvalue weighted by Crippen LogP contribution is -2.40. The summed E-state index contributed by atoms with van der Waals surface area (Å²) >= 11 is 1.87. The van der Waals surface area contributed by atoms with Crippen molar-refractivity contribution in [2.75, 3.05) is 0 Å². The van der Waals surface area contributed by atoms with Gasteiger partial charge < -0.3 is 10.7 Å². The average Bonchev–Trinajstić information content (AvgIpc) is 2.76. The van der Waals surface area contributed by atoms with Crippen LogP contribution in [0.1, 0.15) is 34.1 Å². The summed E-state index contributed by atoms with van der Waals surface area (Å²) in [5, 5.41) is 2.89. The van der Waals surface area contributed by atoms with E-state index >= 15 is 0 Å². The van der Waals surface area contributed by atoms with Crippen LogP contribution < -0.4 is 5.73 Å². The van der Waals surface area contributed by atoms with E-state index in [0.29, 0.717) is 5.25 Å². The fraction of sp³-hybridized carbons (Fsp3) is 0.500. The number of rotatable bonds is 4. The van der Waals surface area contributed by atoms with Crippen LogP contribution in [0.2, 0.25) is 0 Å². The van der Waals surface area contributed by atoms with E-state index in [1.807, 2.05) is 11.8 Å². The van der Waals surface area contributed by atoms with Crippen molar-refractivity contribution in [1.29, 1.82) is 0 Å². The van der Waals surface area contributed by atoms with Crippen LogP contribution in [0, 0.1) is 5.41 Å². The number of para-hydroxylation sites is 1. The molecule has 0 aliphatic carbocycles. The third-order valence-corrected chi connectivity index (χ3v) is 5.26. The molecule has 3 heteroatoms. The number of hydrogen-bond acceptors (Lipinski definition) is 2. The van der Waals surface area contributed by atoms with Crippen molar-refractivity contribution in [3.05, 3.63) is 30.3 Å². The Hall–Kier alpha value is -0.930. The maximum absolute atomic E-state index is 6.31. The van der Waals surface area contributed by atoms with E-state index in [0.717, 1.165) is 6.42 Å². The van der Waals surface area contributed by atoms with Crippen LogP contribution in [0.4, 0.5) is 0 Å². The Morgan fingerprint density at radius 3 is 2.53 bits per heavy atom. The molecule has 0 spiro atoms. The van der Waals surface area contributed by atoms with Gasteiger partial charge in [-0.3, -0.25) is 0 Å². The number of fused-ring (bicyclic) bond motifs is 1. The molecule has 19 heavy (non-hydrogen) atoms. The third-order valence-electron chi connectivity index (χ3n) is 3.47. The van der Waals surface area contributed by atoms with Gasteiger partial charge in [-0.15, -0.1) is 11.8 Å². The number of thioether (sulfide) groups is 1. The van der Waals surface area contributed by atoms with Gasteiger partial charge in [0, 0.05) is 22.2 Å². The van der Waals surface area contributed by atoms with Gasteiger partial charge in [-0.1, -0.05) is 45.9 Å². The van der Waals surface area contributed by atoms with Gasteiger partial charge in [0.05, 0.1) is 5.03 Å². The lowest BCUT2D eigenvalue weighted by Gasteiger charge is -2.34. The smallest absolute Gasteiger partial charge is 0.0735 e. The quantitative estimate of drug-likeness (QED) is 0.812. The molecular weight excluding hydrogens is 252 g/mol. The largest absolute Gasteiger partial charge is 0.350 e. The summed E-state index contributed by atoms with van der Waals surface area (Å²) in [6, 6.07) is 10.8. The molecule has 2 aromatic rings. The number of aromatic amines is 1. The monoisotopic (exact) mass is 276 g/mol. The Kier molecular flexibility index (Phi) is 4.26. The summed E-state index contributed by atoms with van der Waals surface area (Å²) in [5.41, 5.74) is 7.70. The first-order valence-corrected chi connectivity index (χ1v) is 7.79. The van der Waals surface area contributed by atoms with Crippen molar-refractivity contribution in [3.63, 3.8) is 0 Å². The second-order valence-electron chi connectivity index (χ2n) is 6.20. The summed E-state index contributed by atoms with van der Waals surface area (Å²) < 4.78 is 0. The van der Waals surface area contributed by atoms with Crippen molar-refractivity contribution in [1.82, 2.24) is 4.98 Å². The van der Waals surface area contributed by atoms with E-state index in [1.54, 1.807) is 0 Å². The predicted molar refractivity (Wildman–Crippen MR) is 85.7 cm³/mol. The maximum atomic E-state index is 6.31. The van der Waals surface area contributed by atoms with Crippen molar-refractivity contribution in [2.45, 2.75) is 50.4 Å². The predicted octanol–water partition coefficient (Wildman–Crippen LogP) is 4.41. The number of aromatic nitrogens is 1. The molecule has 0 bridgehead atoms. The second kappa shape index (κ2) is 5.59. The molecule has 3 N–H and O–H groups in total. The molecule has 0 radical (unpaired) electrons. The maximum Gasteiger partial charge on any atom is 0.0735 e. The first kappa shape index (κ1) is 14.5. The summed E-state index contributed by atoms with van der Waals surface area (Å²) in [7, 11) is 0. The van der Waals surface area contributed by atoms with Crippen LogP contribution >= 0.6 is 11.8 Å². The molecule has 1 heterocycles. The number of H-pyrrole nitrogens is 1. The number of benzene rings is 1. The van der Waals surface area contributed by atoms with Crippen LogP contribution in [0.3, 0.4) is 0 Å². The van der Waals surface area contributed by atoms with Crippen molar-refractivity contribution in [2.24, 2.45) is 11.1 Å². The van der Waals surface area contributed by atoms with Gasteiger partial charge in [0.1, 0.15) is 0 Å². The molecule has 2 unspecified atom stereocenters. The van der Waals surface area contributed by atoms with E-state index in [4.69, 9.17) is 5.73 Å². The Morgan fingerprint density at radius 2 is 1.95 bits per heavy atom. The zero-order chi connectivity index (χ0) is 14.0. The lowest BCUT2D eigenvalue weighted by molar-refractivity contribution is 0.350. The van der Waals surface area contributed by atoms with E-state index in [9.17, 15) is 0 Å². The average molecular weight is 276 g/mol. The molecule has 1 aromatic heterocycles. The molecule has 2 atom stereocenters. The van der Waals surface area contributed by atoms with Crippen molar-refractivity contribution >= 4 is 22.7 Å². The van der Waals surface area contributed by atoms with Crippen LogP contribution in [-0.4, -0.2) is 16.3 Å². The van der Waals surface area contributed by atoms with Crippen LogP contribution in [0.5, 0.6) is 0 Å². The molecule has 0 amide bonds. The van der Waals surface area contributed by atoms with Gasteiger partial charge in [-0.25, -0.2) is 0 Å². The topological polar surface area (TPSA) is 41.8 Å². The van der Waals surface area contributed by atoms with Gasteiger partial charge in [0.15, 0.2) is 0 Å². The fourth-order valence-electron chi connectivity index (χ4n) is 2.37. The molecule has 104 valence electrons. The molecule has 0 saturated carbocycles. The molecule has 0 aliphatic heterocycles. The second-order valence-corrected chi connectivity index (χ2v) is 7.38. The highest BCUT2D eigenvalue weighted by Crippen LogP contribution is 2.38. The van der Waals surface area contributed by atoms with Crippen LogP contribution in [0.25, 0.3) is 10.9 Å². The zero-order valence-electron chi connectivity index (χ0n) is 12.2. The summed E-state index contributed by atoms with van der Waals surface area (Å²) in [6.45, 7) is 8.96. The normalized spacial score (nSPS) is 15.6. The summed E-state index contributed by atoms with van der Waals surface area (Å²) in [5.74, 6) is 0. The minimum atomic E-state index is 0.192. The van der Waals surface area contributed by atoms with E-state index < -0.39 is 0 Å². The van der Waals surface area contributed by atoms with Gasteiger partial charge in [-0.2, -0.15) is 0 Å². The molecule has 1 aromatic carbocycles. The third kappa shape index (κ3) is 3.34. The molecule has 2 nitrogen and oxygen atoms in total. The van der Waals surface area contributed by atoms with Crippen LogP contribution in [-0.2, 0) is 0 Å². The minimum Gasteiger partial charge on any atom is -0.350 e. The highest BCUT2D eigenvalue weighted by Gasteiger charge is 2.30. The van der Waals surface area contributed by atoms with E-state index in [-0.39, 0.29) is 11.5 Å². The highest BCUT2D eigenvalue weighted by molar-refractivity contribution is 8.00. The lowest BCUT2D eigenvalue weighted by atomic mass is 9.87. The standard InChI is InChI=1S/C16H24N2S/c1-5-12(17)15(16(2,3)4)19-14-10-11-8-6-7-9-13(11)18-14/h6-10,12,15,18H,5,17H2,1-4H3. The van der Waals surface area contributed by atoms with Gasteiger partial charge >= 0.3 is 0 Å². The zero-order valence-corrected chi connectivity index (χ0v) is 13.1. The fourth-order valence-corrected chi connectivity index (χ4v) is 3.73. The Labute approximate surface area is 120 Å². The molecular formula is C16H24N2S. The first-order valence-electron chi connectivity index (χ1n) is 6.92.